The first-order chi connectivity index (χ1) is 11.1. The molecule has 1 aromatic carbocycles. The third-order valence-corrected chi connectivity index (χ3v) is 3.75. The molecule has 1 rings (SSSR count). The van der Waals surface area contributed by atoms with E-state index >= 15 is 0 Å². The van der Waals surface area contributed by atoms with E-state index in [2.05, 4.69) is 13.8 Å². The summed E-state index contributed by atoms with van der Waals surface area (Å²) >= 11 is 0. The number of para-hydroxylation sites is 1. The standard InChI is InChI=1S/C18H23N3O2/c1-3-15(2)16-8-4-5-9-17(16)23-14-18(22)21(12-6-10-19)13-7-11-20/h4-5,8-9,15H,3,6-7,12-14H2,1-2H3. The summed E-state index contributed by atoms with van der Waals surface area (Å²) in [4.78, 5) is 13.8. The molecule has 0 bridgehead atoms. The average molecular weight is 313 g/mol. The highest BCUT2D eigenvalue weighted by Gasteiger charge is 2.15. The number of hydrogen-bond donors (Lipinski definition) is 0. The Morgan fingerprint density at radius 3 is 2.39 bits per heavy atom. The van der Waals surface area contributed by atoms with Crippen LogP contribution in [0, 0.1) is 22.7 Å². The van der Waals surface area contributed by atoms with Gasteiger partial charge in [0, 0.05) is 13.1 Å². The van der Waals surface area contributed by atoms with Gasteiger partial charge in [-0.2, -0.15) is 10.5 Å². The third-order valence-electron chi connectivity index (χ3n) is 3.75. The van der Waals surface area contributed by atoms with Gasteiger partial charge in [0.1, 0.15) is 5.75 Å². The third kappa shape index (κ3) is 6.00. The maximum Gasteiger partial charge on any atom is 0.260 e. The quantitative estimate of drug-likeness (QED) is 0.701. The lowest BCUT2D eigenvalue weighted by molar-refractivity contribution is -0.133. The Bertz CT molecular complexity index is 569. The molecule has 5 nitrogen and oxygen atoms in total. The Labute approximate surface area is 138 Å². The van der Waals surface area contributed by atoms with Crippen LogP contribution in [-0.2, 0) is 4.79 Å². The number of nitrogens with zero attached hydrogens (tertiary/aromatic N) is 3. The van der Waals surface area contributed by atoms with Crippen molar-refractivity contribution in [1.29, 1.82) is 10.5 Å². The van der Waals surface area contributed by atoms with Crippen molar-refractivity contribution in [2.24, 2.45) is 0 Å². The van der Waals surface area contributed by atoms with E-state index in [4.69, 9.17) is 15.3 Å². The smallest absolute Gasteiger partial charge is 0.260 e. The van der Waals surface area contributed by atoms with Gasteiger partial charge in [-0.25, -0.2) is 0 Å². The molecule has 0 aliphatic carbocycles. The van der Waals surface area contributed by atoms with E-state index in [1.54, 1.807) is 0 Å². The van der Waals surface area contributed by atoms with Crippen molar-refractivity contribution in [3.8, 4) is 17.9 Å². The number of hydrogen-bond acceptors (Lipinski definition) is 4. The van der Waals surface area contributed by atoms with E-state index in [0.717, 1.165) is 17.7 Å². The Kier molecular flexibility index (Phi) is 8.24. The van der Waals surface area contributed by atoms with Gasteiger partial charge in [0.05, 0.1) is 25.0 Å². The first-order valence-corrected chi connectivity index (χ1v) is 7.87. The minimum absolute atomic E-state index is 0.0791. The zero-order valence-electron chi connectivity index (χ0n) is 13.8. The van der Waals surface area contributed by atoms with Crippen LogP contribution in [-0.4, -0.2) is 30.5 Å². The van der Waals surface area contributed by atoms with E-state index in [1.165, 1.54) is 4.90 Å². The highest BCUT2D eigenvalue weighted by Crippen LogP contribution is 2.28. The molecule has 1 atom stereocenters. The number of nitriles is 2. The highest BCUT2D eigenvalue weighted by atomic mass is 16.5. The molecule has 0 N–H and O–H groups in total. The maximum atomic E-state index is 12.3. The molecule has 0 heterocycles. The normalized spacial score (nSPS) is 11.1. The number of carbonyl (C=O) groups excluding carboxylic acids is 1. The Balaban J connectivity index is 2.70. The molecule has 5 heteroatoms. The maximum absolute atomic E-state index is 12.3. The second-order valence-corrected chi connectivity index (χ2v) is 5.33. The number of carbonyl (C=O) groups is 1. The largest absolute Gasteiger partial charge is 0.483 e. The zero-order valence-corrected chi connectivity index (χ0v) is 13.8. The monoisotopic (exact) mass is 313 g/mol. The molecule has 23 heavy (non-hydrogen) atoms. The van der Waals surface area contributed by atoms with Gasteiger partial charge < -0.3 is 9.64 Å². The molecule has 122 valence electrons. The molecule has 0 aliphatic rings. The molecule has 1 unspecified atom stereocenters. The van der Waals surface area contributed by atoms with Crippen LogP contribution in [0.5, 0.6) is 5.75 Å². The molecule has 0 aliphatic heterocycles. The predicted octanol–water partition coefficient (Wildman–Crippen LogP) is 3.23. The fourth-order valence-corrected chi connectivity index (χ4v) is 2.20. The summed E-state index contributed by atoms with van der Waals surface area (Å²) in [5.74, 6) is 0.875. The van der Waals surface area contributed by atoms with Gasteiger partial charge in [0.2, 0.25) is 0 Å². The lowest BCUT2D eigenvalue weighted by Crippen LogP contribution is -2.36. The van der Waals surface area contributed by atoms with Crippen molar-refractivity contribution >= 4 is 5.91 Å². The molecule has 0 aromatic heterocycles. The molecule has 0 spiro atoms. The minimum atomic E-state index is -0.200. The average Bonchev–Trinajstić information content (AvgIpc) is 2.59. The summed E-state index contributed by atoms with van der Waals surface area (Å²) in [5.41, 5.74) is 1.09. The van der Waals surface area contributed by atoms with Crippen molar-refractivity contribution in [2.75, 3.05) is 19.7 Å². The van der Waals surface area contributed by atoms with Crippen molar-refractivity contribution in [2.45, 2.75) is 39.0 Å². The fourth-order valence-electron chi connectivity index (χ4n) is 2.20. The van der Waals surface area contributed by atoms with Crippen molar-refractivity contribution < 1.29 is 9.53 Å². The van der Waals surface area contributed by atoms with Crippen LogP contribution in [0.25, 0.3) is 0 Å². The van der Waals surface area contributed by atoms with Gasteiger partial charge in [-0.15, -0.1) is 0 Å². The lowest BCUT2D eigenvalue weighted by Gasteiger charge is -2.21. The summed E-state index contributed by atoms with van der Waals surface area (Å²) in [6.07, 6.45) is 1.49. The zero-order chi connectivity index (χ0) is 17.1. The highest BCUT2D eigenvalue weighted by molar-refractivity contribution is 5.77. The van der Waals surface area contributed by atoms with Crippen LogP contribution in [0.2, 0.25) is 0 Å². The second-order valence-electron chi connectivity index (χ2n) is 5.33. The number of rotatable bonds is 9. The van der Waals surface area contributed by atoms with Crippen molar-refractivity contribution in [3.63, 3.8) is 0 Å². The van der Waals surface area contributed by atoms with Crippen molar-refractivity contribution in [3.05, 3.63) is 29.8 Å². The van der Waals surface area contributed by atoms with Gasteiger partial charge in [-0.05, 0) is 24.0 Å². The van der Waals surface area contributed by atoms with Crippen LogP contribution < -0.4 is 4.74 Å². The van der Waals surface area contributed by atoms with Gasteiger partial charge >= 0.3 is 0 Å². The summed E-state index contributed by atoms with van der Waals surface area (Å²) in [5, 5.41) is 17.3. The molecular weight excluding hydrogens is 290 g/mol. The molecule has 0 saturated heterocycles. The fraction of sp³-hybridized carbons (Fsp3) is 0.500. The number of ether oxygens (including phenoxy) is 1. The van der Waals surface area contributed by atoms with Crippen LogP contribution in [0.3, 0.4) is 0 Å². The second kappa shape index (κ2) is 10.2. The molecular formula is C18H23N3O2. The molecule has 0 saturated carbocycles. The van der Waals surface area contributed by atoms with E-state index in [9.17, 15) is 4.79 Å². The summed E-state index contributed by atoms with van der Waals surface area (Å²) in [6.45, 7) is 4.80. The Morgan fingerprint density at radius 1 is 1.22 bits per heavy atom. The van der Waals surface area contributed by atoms with E-state index in [1.807, 2.05) is 36.4 Å². The molecule has 1 amide bonds. The van der Waals surface area contributed by atoms with Gasteiger partial charge in [-0.1, -0.05) is 32.0 Å². The molecule has 0 radical (unpaired) electrons. The van der Waals surface area contributed by atoms with Crippen LogP contribution in [0.15, 0.2) is 24.3 Å². The Hall–Kier alpha value is -2.53. The van der Waals surface area contributed by atoms with Gasteiger partial charge in [0.25, 0.3) is 5.91 Å². The SMILES string of the molecule is CCC(C)c1ccccc1OCC(=O)N(CCC#N)CCC#N. The number of amides is 1. The van der Waals surface area contributed by atoms with Crippen molar-refractivity contribution in [1.82, 2.24) is 4.90 Å². The van der Waals surface area contributed by atoms with Crippen LogP contribution >= 0.6 is 0 Å². The summed E-state index contributed by atoms with van der Waals surface area (Å²) in [7, 11) is 0. The van der Waals surface area contributed by atoms with Crippen LogP contribution in [0.4, 0.5) is 0 Å². The summed E-state index contributed by atoms with van der Waals surface area (Å²) in [6, 6.07) is 11.8. The van der Waals surface area contributed by atoms with E-state index in [0.29, 0.717) is 19.0 Å². The lowest BCUT2D eigenvalue weighted by atomic mass is 9.98. The molecule has 1 aromatic rings. The predicted molar refractivity (Wildman–Crippen MR) is 87.7 cm³/mol. The number of benzene rings is 1. The first-order valence-electron chi connectivity index (χ1n) is 7.87. The van der Waals surface area contributed by atoms with Gasteiger partial charge in [0.15, 0.2) is 6.61 Å². The van der Waals surface area contributed by atoms with E-state index < -0.39 is 0 Å². The van der Waals surface area contributed by atoms with E-state index in [-0.39, 0.29) is 25.4 Å². The Morgan fingerprint density at radius 2 is 1.83 bits per heavy atom. The van der Waals surface area contributed by atoms with Crippen LogP contribution in [0.1, 0.15) is 44.6 Å². The molecule has 0 fully saturated rings. The van der Waals surface area contributed by atoms with Gasteiger partial charge in [-0.3, -0.25) is 4.79 Å². The first kappa shape index (κ1) is 18.5. The summed E-state index contributed by atoms with van der Waals surface area (Å²) < 4.78 is 5.71. The minimum Gasteiger partial charge on any atom is -0.483 e. The topological polar surface area (TPSA) is 77.1 Å².